The summed E-state index contributed by atoms with van der Waals surface area (Å²) in [5, 5.41) is 3.71. The fourth-order valence-electron chi connectivity index (χ4n) is 6.31. The van der Waals surface area contributed by atoms with Crippen LogP contribution < -0.4 is 5.32 Å². The van der Waals surface area contributed by atoms with Crippen LogP contribution in [-0.4, -0.2) is 24.0 Å². The molecule has 0 amide bonds. The molecule has 32 heavy (non-hydrogen) atoms. The summed E-state index contributed by atoms with van der Waals surface area (Å²) in [5.41, 5.74) is 10.3. The predicted octanol–water partition coefficient (Wildman–Crippen LogP) is 7.37. The van der Waals surface area contributed by atoms with E-state index in [1.165, 1.54) is 55.2 Å². The Kier molecular flexibility index (Phi) is 7.61. The lowest BCUT2D eigenvalue weighted by Gasteiger charge is -2.52. The van der Waals surface area contributed by atoms with E-state index in [2.05, 4.69) is 62.5 Å². The van der Waals surface area contributed by atoms with Crippen molar-refractivity contribution in [2.75, 3.05) is 13.1 Å². The molecule has 3 aliphatic heterocycles. The first kappa shape index (κ1) is 23.4. The topological polar surface area (TPSA) is 15.3 Å². The summed E-state index contributed by atoms with van der Waals surface area (Å²) in [7, 11) is 0. The van der Waals surface area contributed by atoms with Gasteiger partial charge in [-0.05, 0) is 84.0 Å². The van der Waals surface area contributed by atoms with E-state index in [4.69, 9.17) is 0 Å². The van der Waals surface area contributed by atoms with Gasteiger partial charge in [-0.1, -0.05) is 71.7 Å². The first-order valence-corrected chi connectivity index (χ1v) is 13.3. The lowest BCUT2D eigenvalue weighted by atomic mass is 9.72. The van der Waals surface area contributed by atoms with Crippen LogP contribution in [0.15, 0.2) is 48.2 Å². The normalized spacial score (nSPS) is 24.5. The Morgan fingerprint density at radius 1 is 1.06 bits per heavy atom. The van der Waals surface area contributed by atoms with Crippen molar-refractivity contribution < 1.29 is 0 Å². The Bertz CT molecular complexity index is 877. The van der Waals surface area contributed by atoms with E-state index in [9.17, 15) is 0 Å². The molecule has 1 aromatic rings. The quantitative estimate of drug-likeness (QED) is 0.410. The lowest BCUT2D eigenvalue weighted by Crippen LogP contribution is -2.52. The zero-order valence-electron chi connectivity index (χ0n) is 20.8. The molecular formula is C30H44N2. The van der Waals surface area contributed by atoms with Crippen molar-refractivity contribution in [3.8, 4) is 0 Å². The first-order valence-electron chi connectivity index (χ1n) is 13.3. The molecule has 1 N–H and O–H groups in total. The number of unbranched alkanes of at least 4 members (excludes halogenated alkanes) is 3. The van der Waals surface area contributed by atoms with Crippen molar-refractivity contribution in [2.24, 2.45) is 0 Å². The standard InChI is InChI=1S/C30H44N2/c1-6-9-10-11-13-24-18-25-26(17-23(24)8-3)30-16-22(5)28(21(4)12-7-2)20-32(30)29-14-15-31-19-27(25)29/h17-18,20,27,29-31H,4-16,19H2,1-3H3. The second kappa shape index (κ2) is 10.4. The maximum Gasteiger partial charge on any atom is 0.0583 e. The molecule has 1 aromatic carbocycles. The number of allylic oxidation sites excluding steroid dienone is 2. The number of hydrogen-bond donors (Lipinski definition) is 1. The average Bonchev–Trinajstić information content (AvgIpc) is 2.81. The fraction of sp³-hybridized carbons (Fsp3) is 0.600. The van der Waals surface area contributed by atoms with E-state index in [0.717, 1.165) is 38.8 Å². The molecule has 3 atom stereocenters. The molecule has 0 saturated carbocycles. The molecule has 174 valence electrons. The fourth-order valence-corrected chi connectivity index (χ4v) is 6.31. The number of nitrogens with one attached hydrogen (secondary N) is 1. The van der Waals surface area contributed by atoms with Crippen LogP contribution in [0.1, 0.15) is 106 Å². The Balaban J connectivity index is 1.72. The Labute approximate surface area is 196 Å². The van der Waals surface area contributed by atoms with Gasteiger partial charge in [-0.25, -0.2) is 0 Å². The smallest absolute Gasteiger partial charge is 0.0583 e. The second-order valence-corrected chi connectivity index (χ2v) is 10.2. The lowest BCUT2D eigenvalue weighted by molar-refractivity contribution is 0.123. The molecule has 4 rings (SSSR count). The Hall–Kier alpha value is -1.80. The molecule has 0 aliphatic carbocycles. The summed E-state index contributed by atoms with van der Waals surface area (Å²) < 4.78 is 0. The van der Waals surface area contributed by atoms with Crippen molar-refractivity contribution in [1.82, 2.24) is 10.2 Å². The summed E-state index contributed by atoms with van der Waals surface area (Å²) in [4.78, 5) is 2.72. The summed E-state index contributed by atoms with van der Waals surface area (Å²) in [6, 6.07) is 6.24. The van der Waals surface area contributed by atoms with Gasteiger partial charge < -0.3 is 10.2 Å². The molecule has 2 nitrogen and oxygen atoms in total. The van der Waals surface area contributed by atoms with E-state index in [0.29, 0.717) is 18.0 Å². The zero-order valence-corrected chi connectivity index (χ0v) is 20.8. The highest BCUT2D eigenvalue weighted by Gasteiger charge is 2.43. The molecule has 0 bridgehead atoms. The van der Waals surface area contributed by atoms with E-state index >= 15 is 0 Å². The van der Waals surface area contributed by atoms with E-state index < -0.39 is 0 Å². The molecule has 0 spiro atoms. The van der Waals surface area contributed by atoms with Gasteiger partial charge in [0, 0.05) is 24.7 Å². The van der Waals surface area contributed by atoms with Crippen molar-refractivity contribution in [2.45, 2.75) is 103 Å². The maximum absolute atomic E-state index is 4.52. The highest BCUT2D eigenvalue weighted by Crippen LogP contribution is 2.49. The monoisotopic (exact) mass is 432 g/mol. The van der Waals surface area contributed by atoms with Gasteiger partial charge in [0.1, 0.15) is 0 Å². The molecule has 1 saturated heterocycles. The average molecular weight is 433 g/mol. The summed E-state index contributed by atoms with van der Waals surface area (Å²) in [6.45, 7) is 18.0. The van der Waals surface area contributed by atoms with Gasteiger partial charge in [0.2, 0.25) is 0 Å². The summed E-state index contributed by atoms with van der Waals surface area (Å²) in [5.74, 6) is 0.582. The Morgan fingerprint density at radius 3 is 2.62 bits per heavy atom. The minimum Gasteiger partial charge on any atom is -0.366 e. The van der Waals surface area contributed by atoms with Crippen molar-refractivity contribution >= 4 is 0 Å². The second-order valence-electron chi connectivity index (χ2n) is 10.2. The van der Waals surface area contributed by atoms with Crippen LogP contribution in [0.25, 0.3) is 0 Å². The molecule has 1 fully saturated rings. The molecular weight excluding hydrogens is 388 g/mol. The summed E-state index contributed by atoms with van der Waals surface area (Å²) in [6.07, 6.45) is 14.6. The first-order chi connectivity index (χ1) is 15.6. The largest absolute Gasteiger partial charge is 0.366 e. The van der Waals surface area contributed by atoms with E-state index in [-0.39, 0.29) is 0 Å². The number of benzene rings is 1. The van der Waals surface area contributed by atoms with Crippen molar-refractivity contribution in [1.29, 1.82) is 0 Å². The van der Waals surface area contributed by atoms with Crippen LogP contribution in [0.5, 0.6) is 0 Å². The number of rotatable bonds is 9. The van der Waals surface area contributed by atoms with Crippen molar-refractivity contribution in [3.63, 3.8) is 0 Å². The SMILES string of the molecule is C=C(CCC)C1=CN2C(CC1=C)c1cc(CC)c(CCCCCC)cc1C1CNCCC12. The number of piperidine rings is 1. The zero-order chi connectivity index (χ0) is 22.7. The van der Waals surface area contributed by atoms with E-state index in [1.807, 2.05) is 0 Å². The van der Waals surface area contributed by atoms with Crippen LogP contribution in [-0.2, 0) is 12.8 Å². The molecule has 3 unspecified atom stereocenters. The molecule has 2 heteroatoms. The Morgan fingerprint density at radius 2 is 1.88 bits per heavy atom. The molecule has 0 aromatic heterocycles. The predicted molar refractivity (Wildman–Crippen MR) is 138 cm³/mol. The van der Waals surface area contributed by atoms with Gasteiger partial charge in [-0.2, -0.15) is 0 Å². The van der Waals surface area contributed by atoms with Crippen molar-refractivity contribution in [3.05, 3.63) is 70.5 Å². The van der Waals surface area contributed by atoms with Gasteiger partial charge in [0.15, 0.2) is 0 Å². The van der Waals surface area contributed by atoms with Crippen LogP contribution >= 0.6 is 0 Å². The number of nitrogens with zero attached hydrogens (tertiary/aromatic N) is 1. The molecule has 3 heterocycles. The van der Waals surface area contributed by atoms with E-state index in [1.54, 1.807) is 22.3 Å². The van der Waals surface area contributed by atoms with Gasteiger partial charge in [-0.3, -0.25) is 0 Å². The number of fused-ring (bicyclic) bond motifs is 6. The number of aryl methyl sites for hydroxylation is 2. The van der Waals surface area contributed by atoms with Gasteiger partial charge >= 0.3 is 0 Å². The van der Waals surface area contributed by atoms with Crippen LogP contribution in [0.3, 0.4) is 0 Å². The summed E-state index contributed by atoms with van der Waals surface area (Å²) >= 11 is 0. The minimum atomic E-state index is 0.439. The molecule has 3 aliphatic rings. The minimum absolute atomic E-state index is 0.439. The van der Waals surface area contributed by atoms with Crippen LogP contribution in [0, 0.1) is 0 Å². The van der Waals surface area contributed by atoms with Gasteiger partial charge in [0.05, 0.1) is 6.04 Å². The third-order valence-electron chi connectivity index (χ3n) is 8.06. The van der Waals surface area contributed by atoms with Gasteiger partial charge in [0.25, 0.3) is 0 Å². The highest BCUT2D eigenvalue weighted by molar-refractivity contribution is 5.52. The van der Waals surface area contributed by atoms with Crippen LogP contribution in [0.2, 0.25) is 0 Å². The molecule has 0 radical (unpaired) electrons. The number of hydrogen-bond acceptors (Lipinski definition) is 2. The maximum atomic E-state index is 4.52. The van der Waals surface area contributed by atoms with Gasteiger partial charge in [-0.15, -0.1) is 0 Å². The third kappa shape index (κ3) is 4.49. The third-order valence-corrected chi connectivity index (χ3v) is 8.06. The van der Waals surface area contributed by atoms with Crippen LogP contribution in [0.4, 0.5) is 0 Å². The highest BCUT2D eigenvalue weighted by atomic mass is 15.2.